The predicted molar refractivity (Wildman–Crippen MR) is 60.4 cm³/mol. The van der Waals surface area contributed by atoms with Gasteiger partial charge < -0.3 is 0 Å². The summed E-state index contributed by atoms with van der Waals surface area (Å²) in [5.41, 5.74) is 6.71. The summed E-state index contributed by atoms with van der Waals surface area (Å²) in [6, 6.07) is 8.32. The number of hydrogen-bond donors (Lipinski definition) is 1. The Kier molecular flexibility index (Phi) is 2.82. The van der Waals surface area contributed by atoms with Crippen LogP contribution in [0.25, 0.3) is 0 Å². The Morgan fingerprint density at radius 3 is 2.93 bits per heavy atom. The number of nitrogens with zero attached hydrogens (tertiary/aromatic N) is 1. The van der Waals surface area contributed by atoms with Crippen LogP contribution in [0.3, 0.4) is 0 Å². The summed E-state index contributed by atoms with van der Waals surface area (Å²) in [5, 5.41) is 4.34. The highest BCUT2D eigenvalue weighted by atomic mass is 15.3. The molecule has 0 spiro atoms. The van der Waals surface area contributed by atoms with E-state index in [0.717, 1.165) is 12.1 Å². The molecule has 0 bridgehead atoms. The maximum absolute atomic E-state index is 4.34. The first-order chi connectivity index (χ1) is 6.92. The number of unbranched alkanes of at least 4 members (excludes halogenated alkanes) is 2. The third-order valence-corrected chi connectivity index (χ3v) is 2.57. The predicted octanol–water partition coefficient (Wildman–Crippen LogP) is 2.73. The van der Waals surface area contributed by atoms with E-state index in [4.69, 9.17) is 0 Å². The molecule has 1 N–H and O–H groups in total. The monoisotopic (exact) mass is 188 g/mol. The van der Waals surface area contributed by atoms with Crippen LogP contribution in [-0.4, -0.2) is 5.71 Å². The number of benzene rings is 1. The van der Waals surface area contributed by atoms with Crippen molar-refractivity contribution in [2.45, 2.75) is 32.6 Å². The standard InChI is InChI=1S/C12H16N2/c1-2-3-4-8-11-10-7-5-6-9-12(10)14-13-11/h5-7,9,14H,2-4,8H2,1H3/q+1. The van der Waals surface area contributed by atoms with Gasteiger partial charge in [-0.05, 0) is 18.6 Å². The Labute approximate surface area is 85.0 Å². The molecule has 1 aliphatic rings. The average molecular weight is 188 g/mol. The summed E-state index contributed by atoms with van der Waals surface area (Å²) >= 11 is 0. The normalized spacial score (nSPS) is 13.4. The van der Waals surface area contributed by atoms with Gasteiger partial charge in [-0.2, -0.15) is 0 Å². The summed E-state index contributed by atoms with van der Waals surface area (Å²) in [4.78, 5) is 0. The topological polar surface area (TPSA) is 26.1 Å². The van der Waals surface area contributed by atoms with E-state index in [1.54, 1.807) is 0 Å². The maximum atomic E-state index is 4.34. The summed E-state index contributed by atoms with van der Waals surface area (Å²) in [7, 11) is 0. The van der Waals surface area contributed by atoms with Crippen molar-refractivity contribution in [2.75, 3.05) is 5.43 Å². The number of hydrazone groups is 1. The minimum absolute atomic E-state index is 1.10. The lowest BCUT2D eigenvalue weighted by Gasteiger charge is -1.94. The van der Waals surface area contributed by atoms with Crippen molar-refractivity contribution in [1.29, 1.82) is 0 Å². The average Bonchev–Trinajstić information content (AvgIpc) is 2.63. The summed E-state index contributed by atoms with van der Waals surface area (Å²) in [6.07, 6.45) is 4.90. The minimum atomic E-state index is 1.10. The van der Waals surface area contributed by atoms with Gasteiger partial charge in [-0.15, -0.1) is 0 Å². The Balaban J connectivity index is 2.02. The van der Waals surface area contributed by atoms with Crippen molar-refractivity contribution in [3.63, 3.8) is 0 Å². The maximum Gasteiger partial charge on any atom is 0.296 e. The van der Waals surface area contributed by atoms with Crippen molar-refractivity contribution < 1.29 is 0 Å². The zero-order valence-electron chi connectivity index (χ0n) is 8.59. The van der Waals surface area contributed by atoms with E-state index in [1.165, 1.54) is 30.5 Å². The second-order valence-corrected chi connectivity index (χ2v) is 3.67. The first-order valence-electron chi connectivity index (χ1n) is 5.34. The number of nitrogens with one attached hydrogen (secondary N) is 1. The lowest BCUT2D eigenvalue weighted by Crippen LogP contribution is -2.04. The highest BCUT2D eigenvalue weighted by Gasteiger charge is 2.25. The molecule has 0 aromatic heterocycles. The molecule has 1 radical (unpaired) electrons. The molecule has 2 nitrogen and oxygen atoms in total. The number of anilines is 1. The van der Waals surface area contributed by atoms with E-state index in [2.05, 4.69) is 35.7 Å². The SMILES string of the molecule is CCCCCC1=[N+]Nc2ccccc21. The molecule has 1 aliphatic heterocycles. The van der Waals surface area contributed by atoms with Crippen LogP contribution in [0.2, 0.25) is 0 Å². The molecule has 0 atom stereocenters. The zero-order valence-corrected chi connectivity index (χ0v) is 8.59. The minimum Gasteiger partial charge on any atom is -0.0998 e. The van der Waals surface area contributed by atoms with Crippen molar-refractivity contribution in [1.82, 2.24) is 5.10 Å². The first kappa shape index (κ1) is 9.25. The van der Waals surface area contributed by atoms with E-state index < -0.39 is 0 Å². The number of fused-ring (bicyclic) bond motifs is 1. The van der Waals surface area contributed by atoms with Gasteiger partial charge in [0.1, 0.15) is 5.69 Å². The lowest BCUT2D eigenvalue weighted by molar-refractivity contribution is 0.741. The van der Waals surface area contributed by atoms with Crippen molar-refractivity contribution in [3.05, 3.63) is 29.8 Å². The van der Waals surface area contributed by atoms with Crippen molar-refractivity contribution in [3.8, 4) is 0 Å². The summed E-state index contributed by atoms with van der Waals surface area (Å²) < 4.78 is 0. The first-order valence-corrected chi connectivity index (χ1v) is 5.34. The molecular weight excluding hydrogens is 172 g/mol. The summed E-state index contributed by atoms with van der Waals surface area (Å²) in [6.45, 7) is 2.22. The van der Waals surface area contributed by atoms with Gasteiger partial charge in [0.05, 0.1) is 5.56 Å². The van der Waals surface area contributed by atoms with Crippen LogP contribution >= 0.6 is 0 Å². The van der Waals surface area contributed by atoms with Gasteiger partial charge in [-0.25, -0.2) is 0 Å². The second kappa shape index (κ2) is 4.27. The number of hydrogen-bond acceptors (Lipinski definition) is 2. The lowest BCUT2D eigenvalue weighted by atomic mass is 10.0. The van der Waals surface area contributed by atoms with Gasteiger partial charge in [0, 0.05) is 6.42 Å². The Morgan fingerprint density at radius 1 is 1.21 bits per heavy atom. The largest absolute Gasteiger partial charge is 0.296 e. The van der Waals surface area contributed by atoms with Gasteiger partial charge in [0.2, 0.25) is 0 Å². The van der Waals surface area contributed by atoms with Crippen molar-refractivity contribution in [2.24, 2.45) is 0 Å². The molecular formula is C12H16N2+. The van der Waals surface area contributed by atoms with Crippen LogP contribution in [0.15, 0.2) is 24.3 Å². The molecule has 1 heterocycles. The molecule has 0 unspecified atom stereocenters. The molecule has 0 amide bonds. The van der Waals surface area contributed by atoms with Gasteiger partial charge in [-0.1, -0.05) is 37.3 Å². The quantitative estimate of drug-likeness (QED) is 0.722. The van der Waals surface area contributed by atoms with Crippen LogP contribution in [0.1, 0.15) is 38.2 Å². The molecule has 73 valence electrons. The highest BCUT2D eigenvalue weighted by Crippen LogP contribution is 2.20. The highest BCUT2D eigenvalue weighted by molar-refractivity contribution is 6.07. The van der Waals surface area contributed by atoms with Crippen molar-refractivity contribution >= 4 is 11.4 Å². The fourth-order valence-corrected chi connectivity index (χ4v) is 1.75. The van der Waals surface area contributed by atoms with Gasteiger partial charge in [-0.3, -0.25) is 0 Å². The van der Waals surface area contributed by atoms with Gasteiger partial charge in [0.25, 0.3) is 5.71 Å². The molecule has 14 heavy (non-hydrogen) atoms. The Bertz CT molecular complexity index is 342. The molecule has 1 aromatic rings. The third-order valence-electron chi connectivity index (χ3n) is 2.57. The summed E-state index contributed by atoms with van der Waals surface area (Å²) in [5.74, 6) is 0. The fourth-order valence-electron chi connectivity index (χ4n) is 1.75. The Morgan fingerprint density at radius 2 is 2.07 bits per heavy atom. The number of rotatable bonds is 4. The molecule has 2 rings (SSSR count). The van der Waals surface area contributed by atoms with Crippen LogP contribution in [-0.2, 0) is 0 Å². The van der Waals surface area contributed by atoms with E-state index in [1.807, 2.05) is 6.07 Å². The molecule has 1 aromatic carbocycles. The number of para-hydroxylation sites is 1. The van der Waals surface area contributed by atoms with E-state index >= 15 is 0 Å². The van der Waals surface area contributed by atoms with Crippen LogP contribution < -0.4 is 10.5 Å². The third kappa shape index (κ3) is 1.79. The molecule has 0 aliphatic carbocycles. The smallest absolute Gasteiger partial charge is 0.0998 e. The van der Waals surface area contributed by atoms with Crippen LogP contribution in [0, 0.1) is 0 Å². The molecule has 0 saturated carbocycles. The van der Waals surface area contributed by atoms with E-state index in [0.29, 0.717) is 0 Å². The molecule has 2 heteroatoms. The van der Waals surface area contributed by atoms with Gasteiger partial charge >= 0.3 is 0 Å². The zero-order chi connectivity index (χ0) is 9.80. The van der Waals surface area contributed by atoms with E-state index in [-0.39, 0.29) is 0 Å². The second-order valence-electron chi connectivity index (χ2n) is 3.67. The van der Waals surface area contributed by atoms with Crippen LogP contribution in [0.5, 0.6) is 0 Å². The Hall–Kier alpha value is -1.31. The molecule has 0 fully saturated rings. The molecule has 0 saturated heterocycles. The van der Waals surface area contributed by atoms with E-state index in [9.17, 15) is 0 Å². The van der Waals surface area contributed by atoms with Gasteiger partial charge in [0.15, 0.2) is 5.10 Å². The van der Waals surface area contributed by atoms with Crippen LogP contribution in [0.4, 0.5) is 5.69 Å². The fraction of sp³-hybridized carbons (Fsp3) is 0.417.